The van der Waals surface area contributed by atoms with Crippen molar-refractivity contribution in [1.29, 1.82) is 0 Å². The summed E-state index contributed by atoms with van der Waals surface area (Å²) in [6.07, 6.45) is 5.43. The van der Waals surface area contributed by atoms with Crippen LogP contribution in [0.5, 0.6) is 0 Å². The lowest BCUT2D eigenvalue weighted by atomic mass is 10.00. The van der Waals surface area contributed by atoms with Crippen LogP contribution in [-0.2, 0) is 14.4 Å². The summed E-state index contributed by atoms with van der Waals surface area (Å²) in [5.74, 6) is -0.493. The first-order valence-corrected chi connectivity index (χ1v) is 10.9. The Kier molecular flexibility index (Phi) is 6.23. The van der Waals surface area contributed by atoms with Gasteiger partial charge in [0.05, 0.1) is 19.4 Å². The van der Waals surface area contributed by atoms with Crippen LogP contribution >= 0.6 is 23.1 Å². The number of halogens is 1. The van der Waals surface area contributed by atoms with Crippen molar-refractivity contribution in [3.8, 4) is 0 Å². The van der Waals surface area contributed by atoms with Gasteiger partial charge in [-0.05, 0) is 25.0 Å². The molecule has 1 aromatic carbocycles. The van der Waals surface area contributed by atoms with Crippen molar-refractivity contribution in [3.63, 3.8) is 0 Å². The van der Waals surface area contributed by atoms with E-state index in [4.69, 9.17) is 9.57 Å². The number of oxime groups is 1. The SMILES string of the molecule is O=C(Nc1ncc(F)s1)/C(=N/O[C@@H]1CCOC1)c1ccc(SC2CCC2)cc1. The minimum Gasteiger partial charge on any atom is -0.389 e. The summed E-state index contributed by atoms with van der Waals surface area (Å²) in [7, 11) is 0. The number of thioether (sulfide) groups is 1. The maximum atomic E-state index is 13.2. The van der Waals surface area contributed by atoms with E-state index < -0.39 is 11.0 Å². The Balaban J connectivity index is 1.50. The molecule has 6 nitrogen and oxygen atoms in total. The van der Waals surface area contributed by atoms with Gasteiger partial charge >= 0.3 is 0 Å². The van der Waals surface area contributed by atoms with Gasteiger partial charge in [0.15, 0.2) is 22.1 Å². The highest BCUT2D eigenvalue weighted by Crippen LogP contribution is 2.36. The Bertz CT molecular complexity index is 846. The van der Waals surface area contributed by atoms with Gasteiger partial charge in [-0.2, -0.15) is 4.39 Å². The molecule has 0 unspecified atom stereocenters. The highest BCUT2D eigenvalue weighted by molar-refractivity contribution is 8.00. The van der Waals surface area contributed by atoms with Crippen LogP contribution in [0.1, 0.15) is 31.2 Å². The second-order valence-corrected chi connectivity index (χ2v) is 9.00. The molecule has 1 aliphatic carbocycles. The first-order valence-electron chi connectivity index (χ1n) is 9.19. The zero-order chi connectivity index (χ0) is 19.3. The third-order valence-corrected chi connectivity index (χ3v) is 6.63. The molecule has 9 heteroatoms. The van der Waals surface area contributed by atoms with E-state index in [2.05, 4.69) is 15.5 Å². The van der Waals surface area contributed by atoms with E-state index in [1.54, 1.807) is 0 Å². The van der Waals surface area contributed by atoms with Crippen molar-refractivity contribution in [3.05, 3.63) is 41.2 Å². The van der Waals surface area contributed by atoms with Crippen molar-refractivity contribution in [1.82, 2.24) is 4.98 Å². The summed E-state index contributed by atoms with van der Waals surface area (Å²) in [6, 6.07) is 7.69. The summed E-state index contributed by atoms with van der Waals surface area (Å²) in [5.41, 5.74) is 0.758. The lowest BCUT2D eigenvalue weighted by Crippen LogP contribution is -2.25. The zero-order valence-electron chi connectivity index (χ0n) is 15.1. The Morgan fingerprint density at radius 3 is 2.75 bits per heavy atom. The van der Waals surface area contributed by atoms with E-state index in [9.17, 15) is 9.18 Å². The number of carbonyl (C=O) groups is 1. The predicted molar refractivity (Wildman–Crippen MR) is 107 cm³/mol. The van der Waals surface area contributed by atoms with Gasteiger partial charge in [0.25, 0.3) is 5.91 Å². The van der Waals surface area contributed by atoms with Crippen LogP contribution in [0.3, 0.4) is 0 Å². The average molecular weight is 422 g/mol. The van der Waals surface area contributed by atoms with Crippen LogP contribution in [-0.4, -0.2) is 41.2 Å². The first kappa shape index (κ1) is 19.4. The summed E-state index contributed by atoms with van der Waals surface area (Å²) in [6.45, 7) is 1.07. The highest BCUT2D eigenvalue weighted by atomic mass is 32.2. The lowest BCUT2D eigenvalue weighted by Gasteiger charge is -2.24. The van der Waals surface area contributed by atoms with Crippen LogP contribution in [0.4, 0.5) is 9.52 Å². The molecular weight excluding hydrogens is 401 g/mol. The fraction of sp³-hybridized carbons (Fsp3) is 0.421. The van der Waals surface area contributed by atoms with Crippen LogP contribution < -0.4 is 5.32 Å². The van der Waals surface area contributed by atoms with Gasteiger partial charge in [-0.25, -0.2) is 4.98 Å². The standard InChI is InChI=1S/C19H20FN3O3S2/c20-16-10-21-19(28-16)22-18(24)17(23-26-13-8-9-25-11-13)12-4-6-15(7-5-12)27-14-2-1-3-14/h4-7,10,13-14H,1-3,8-9,11H2,(H,21,22,24)/b23-17+/t13-/m1/s1. The molecule has 1 atom stereocenters. The maximum absolute atomic E-state index is 13.2. The number of aromatic nitrogens is 1. The normalized spacial score (nSPS) is 20.0. The van der Waals surface area contributed by atoms with Gasteiger partial charge < -0.3 is 9.57 Å². The Morgan fingerprint density at radius 2 is 2.14 bits per heavy atom. The molecule has 28 heavy (non-hydrogen) atoms. The predicted octanol–water partition coefficient (Wildman–Crippen LogP) is 4.08. The van der Waals surface area contributed by atoms with Crippen molar-refractivity contribution < 1.29 is 18.8 Å². The van der Waals surface area contributed by atoms with Crippen molar-refractivity contribution in [2.75, 3.05) is 18.5 Å². The van der Waals surface area contributed by atoms with E-state index in [0.29, 0.717) is 24.0 Å². The van der Waals surface area contributed by atoms with E-state index in [1.165, 1.54) is 24.2 Å². The van der Waals surface area contributed by atoms with Gasteiger partial charge in [-0.15, -0.1) is 11.8 Å². The molecule has 2 aromatic rings. The third kappa shape index (κ3) is 4.89. The molecule has 1 aromatic heterocycles. The molecule has 1 N–H and O–H groups in total. The maximum Gasteiger partial charge on any atom is 0.280 e. The second kappa shape index (κ2) is 9.02. The summed E-state index contributed by atoms with van der Waals surface area (Å²) in [5, 5.41) is 7.08. The highest BCUT2D eigenvalue weighted by Gasteiger charge is 2.22. The van der Waals surface area contributed by atoms with Crippen molar-refractivity contribution in [2.45, 2.75) is 41.9 Å². The molecule has 2 aliphatic rings. The average Bonchev–Trinajstić information content (AvgIpc) is 3.31. The molecule has 1 saturated heterocycles. The van der Waals surface area contributed by atoms with Gasteiger partial charge in [0.2, 0.25) is 0 Å². The molecule has 0 radical (unpaired) electrons. The zero-order valence-corrected chi connectivity index (χ0v) is 16.7. The monoisotopic (exact) mass is 421 g/mol. The van der Waals surface area contributed by atoms with Gasteiger partial charge in [0.1, 0.15) is 0 Å². The number of rotatable bonds is 7. The molecule has 1 aliphatic heterocycles. The molecule has 2 heterocycles. The van der Waals surface area contributed by atoms with E-state index >= 15 is 0 Å². The Hall–Kier alpha value is -1.97. The summed E-state index contributed by atoms with van der Waals surface area (Å²) in [4.78, 5) is 23.2. The van der Waals surface area contributed by atoms with E-state index in [0.717, 1.165) is 24.0 Å². The molecular formula is C19H20FN3O3S2. The van der Waals surface area contributed by atoms with Crippen LogP contribution in [0.15, 0.2) is 40.5 Å². The Morgan fingerprint density at radius 1 is 1.32 bits per heavy atom. The van der Waals surface area contributed by atoms with E-state index in [-0.39, 0.29) is 16.9 Å². The van der Waals surface area contributed by atoms with Crippen molar-refractivity contribution >= 4 is 39.8 Å². The first-order chi connectivity index (χ1) is 13.7. The largest absolute Gasteiger partial charge is 0.389 e. The summed E-state index contributed by atoms with van der Waals surface area (Å²) >= 11 is 2.62. The summed E-state index contributed by atoms with van der Waals surface area (Å²) < 4.78 is 18.4. The number of amides is 1. The molecule has 1 amide bonds. The number of thiazole rings is 1. The smallest absolute Gasteiger partial charge is 0.280 e. The number of hydrogen-bond donors (Lipinski definition) is 1. The minimum absolute atomic E-state index is 0.128. The number of hydrogen-bond acceptors (Lipinski definition) is 7. The minimum atomic E-state index is -0.493. The topological polar surface area (TPSA) is 72.8 Å². The Labute approximate surface area is 170 Å². The molecule has 4 rings (SSSR count). The van der Waals surface area contributed by atoms with Crippen LogP contribution in [0, 0.1) is 5.13 Å². The van der Waals surface area contributed by atoms with Crippen LogP contribution in [0.2, 0.25) is 0 Å². The number of ether oxygens (including phenoxy) is 1. The lowest BCUT2D eigenvalue weighted by molar-refractivity contribution is -0.110. The molecule has 148 valence electrons. The van der Waals surface area contributed by atoms with Gasteiger partial charge in [-0.1, -0.05) is 35.0 Å². The number of nitrogens with zero attached hydrogens (tertiary/aromatic N) is 2. The number of benzene rings is 1. The fourth-order valence-corrected chi connectivity index (χ4v) is 4.58. The van der Waals surface area contributed by atoms with Gasteiger partial charge in [-0.3, -0.25) is 10.1 Å². The number of nitrogens with one attached hydrogen (secondary N) is 1. The molecule has 0 spiro atoms. The fourth-order valence-electron chi connectivity index (χ4n) is 2.79. The number of anilines is 1. The quantitative estimate of drug-likeness (QED) is 0.539. The van der Waals surface area contributed by atoms with Crippen LogP contribution in [0.25, 0.3) is 0 Å². The molecule has 1 saturated carbocycles. The van der Waals surface area contributed by atoms with E-state index in [1.807, 2.05) is 36.0 Å². The molecule has 0 bridgehead atoms. The number of carbonyl (C=O) groups excluding carboxylic acids is 1. The van der Waals surface area contributed by atoms with Gasteiger partial charge in [0, 0.05) is 22.1 Å². The second-order valence-electron chi connectivity index (χ2n) is 6.65. The van der Waals surface area contributed by atoms with Crippen molar-refractivity contribution in [2.24, 2.45) is 5.16 Å². The third-order valence-electron chi connectivity index (χ3n) is 4.58. The molecule has 2 fully saturated rings.